The number of ether oxygens (including phenoxy) is 1. The van der Waals surface area contributed by atoms with Crippen molar-refractivity contribution in [2.45, 2.75) is 13.0 Å². The number of furan rings is 1. The lowest BCUT2D eigenvalue weighted by molar-refractivity contribution is 0.185. The maximum absolute atomic E-state index is 10.2. The van der Waals surface area contributed by atoms with Crippen LogP contribution in [-0.2, 0) is 0 Å². The second kappa shape index (κ2) is 4.82. The minimum Gasteiger partial charge on any atom is -0.496 e. The summed E-state index contributed by atoms with van der Waals surface area (Å²) in [7, 11) is 1.57. The van der Waals surface area contributed by atoms with E-state index in [2.05, 4.69) is 0 Å². The van der Waals surface area contributed by atoms with E-state index in [1.54, 1.807) is 19.2 Å². The highest BCUT2D eigenvalue weighted by molar-refractivity contribution is 6.28. The summed E-state index contributed by atoms with van der Waals surface area (Å²) < 4.78 is 10.4. The lowest BCUT2D eigenvalue weighted by Gasteiger charge is -2.13. The monoisotopic (exact) mass is 252 g/mol. The fourth-order valence-corrected chi connectivity index (χ4v) is 1.85. The molecular formula is C13H13ClO3. The fraction of sp³-hybridized carbons (Fsp3) is 0.231. The van der Waals surface area contributed by atoms with Gasteiger partial charge in [-0.1, -0.05) is 11.6 Å². The molecule has 4 heteroatoms. The molecule has 0 amide bonds. The highest BCUT2D eigenvalue weighted by Gasteiger charge is 2.18. The Bertz CT molecular complexity index is 519. The van der Waals surface area contributed by atoms with E-state index in [-0.39, 0.29) is 5.22 Å². The van der Waals surface area contributed by atoms with Crippen molar-refractivity contribution >= 4 is 11.6 Å². The third-order valence-corrected chi connectivity index (χ3v) is 2.75. The molecule has 2 rings (SSSR count). The van der Waals surface area contributed by atoms with Crippen molar-refractivity contribution in [1.82, 2.24) is 0 Å². The first kappa shape index (κ1) is 12.0. The summed E-state index contributed by atoms with van der Waals surface area (Å²) in [6.07, 6.45) is -0.877. The van der Waals surface area contributed by atoms with Gasteiger partial charge in [0.05, 0.1) is 7.11 Å². The van der Waals surface area contributed by atoms with E-state index >= 15 is 0 Å². The maximum Gasteiger partial charge on any atom is 0.193 e. The molecule has 1 unspecified atom stereocenters. The van der Waals surface area contributed by atoms with Crippen LogP contribution in [0.25, 0.3) is 0 Å². The Balaban J connectivity index is 2.42. The molecule has 0 aliphatic heterocycles. The van der Waals surface area contributed by atoms with Crippen LogP contribution in [0.15, 0.2) is 34.7 Å². The molecule has 0 saturated carbocycles. The molecule has 2 aromatic rings. The number of aliphatic hydroxyl groups excluding tert-OH is 1. The van der Waals surface area contributed by atoms with Gasteiger partial charge in [0.2, 0.25) is 0 Å². The van der Waals surface area contributed by atoms with Gasteiger partial charge >= 0.3 is 0 Å². The molecule has 1 aromatic carbocycles. The second-order valence-corrected chi connectivity index (χ2v) is 4.16. The topological polar surface area (TPSA) is 42.6 Å². The average Bonchev–Trinajstić information content (AvgIpc) is 2.75. The van der Waals surface area contributed by atoms with Crippen molar-refractivity contribution in [3.8, 4) is 5.75 Å². The van der Waals surface area contributed by atoms with Crippen LogP contribution >= 0.6 is 11.6 Å². The van der Waals surface area contributed by atoms with Gasteiger partial charge in [0.1, 0.15) is 17.6 Å². The lowest BCUT2D eigenvalue weighted by atomic mass is 10.0. The van der Waals surface area contributed by atoms with Crippen molar-refractivity contribution in [2.24, 2.45) is 0 Å². The molecule has 3 nitrogen and oxygen atoms in total. The molecule has 1 N–H and O–H groups in total. The van der Waals surface area contributed by atoms with Crippen LogP contribution < -0.4 is 4.74 Å². The van der Waals surface area contributed by atoms with Crippen molar-refractivity contribution in [3.63, 3.8) is 0 Å². The second-order valence-electron chi connectivity index (χ2n) is 3.79. The molecule has 1 heterocycles. The van der Waals surface area contributed by atoms with Crippen LogP contribution in [0.1, 0.15) is 23.0 Å². The summed E-state index contributed by atoms with van der Waals surface area (Å²) in [5, 5.41) is 10.5. The van der Waals surface area contributed by atoms with E-state index < -0.39 is 6.10 Å². The summed E-state index contributed by atoms with van der Waals surface area (Å²) in [5.41, 5.74) is 1.70. The first-order chi connectivity index (χ1) is 8.11. The van der Waals surface area contributed by atoms with Gasteiger partial charge in [0.15, 0.2) is 5.22 Å². The number of aliphatic hydroxyl groups is 1. The zero-order valence-electron chi connectivity index (χ0n) is 9.61. The Hall–Kier alpha value is -1.45. The molecule has 0 aliphatic carbocycles. The number of rotatable bonds is 3. The minimum atomic E-state index is -0.877. The van der Waals surface area contributed by atoms with Gasteiger partial charge < -0.3 is 14.3 Å². The van der Waals surface area contributed by atoms with Crippen molar-refractivity contribution in [3.05, 3.63) is 52.4 Å². The van der Waals surface area contributed by atoms with Gasteiger partial charge in [-0.05, 0) is 42.8 Å². The van der Waals surface area contributed by atoms with Crippen LogP contribution in [-0.4, -0.2) is 12.2 Å². The van der Waals surface area contributed by atoms with Crippen LogP contribution in [0, 0.1) is 6.92 Å². The molecule has 0 spiro atoms. The molecule has 0 radical (unpaired) electrons. The number of benzene rings is 1. The van der Waals surface area contributed by atoms with Gasteiger partial charge in [-0.15, -0.1) is 0 Å². The molecule has 1 aromatic heterocycles. The number of hydrogen-bond donors (Lipinski definition) is 1. The quantitative estimate of drug-likeness (QED) is 0.911. The van der Waals surface area contributed by atoms with E-state index in [4.69, 9.17) is 20.8 Å². The smallest absolute Gasteiger partial charge is 0.193 e. The summed E-state index contributed by atoms with van der Waals surface area (Å²) in [5.74, 6) is 1.02. The summed E-state index contributed by atoms with van der Waals surface area (Å²) >= 11 is 5.69. The Morgan fingerprint density at radius 2 is 2.06 bits per heavy atom. The normalized spacial score (nSPS) is 12.5. The minimum absolute atomic E-state index is 0.255. The summed E-state index contributed by atoms with van der Waals surface area (Å²) in [6.45, 7) is 1.95. The summed E-state index contributed by atoms with van der Waals surface area (Å²) in [4.78, 5) is 0. The Morgan fingerprint density at radius 1 is 1.29 bits per heavy atom. The van der Waals surface area contributed by atoms with Crippen LogP contribution in [0.5, 0.6) is 5.75 Å². The largest absolute Gasteiger partial charge is 0.496 e. The molecular weight excluding hydrogens is 240 g/mol. The zero-order valence-corrected chi connectivity index (χ0v) is 10.4. The van der Waals surface area contributed by atoms with Crippen LogP contribution in [0.4, 0.5) is 0 Å². The number of hydrogen-bond acceptors (Lipinski definition) is 3. The number of halogens is 1. The molecule has 1 atom stereocenters. The maximum atomic E-state index is 10.2. The van der Waals surface area contributed by atoms with E-state index in [1.165, 1.54) is 0 Å². The first-order valence-electron chi connectivity index (χ1n) is 5.19. The SMILES string of the molecule is COc1ccc(C)cc1C(O)c1ccc(Cl)o1. The van der Waals surface area contributed by atoms with E-state index in [1.807, 2.05) is 25.1 Å². The first-order valence-corrected chi connectivity index (χ1v) is 5.57. The Morgan fingerprint density at radius 3 is 2.65 bits per heavy atom. The van der Waals surface area contributed by atoms with Crippen LogP contribution in [0.3, 0.4) is 0 Å². The van der Waals surface area contributed by atoms with E-state index in [0.29, 0.717) is 17.1 Å². The van der Waals surface area contributed by atoms with E-state index in [0.717, 1.165) is 5.56 Å². The van der Waals surface area contributed by atoms with Gasteiger partial charge in [-0.2, -0.15) is 0 Å². The average molecular weight is 253 g/mol. The van der Waals surface area contributed by atoms with E-state index in [9.17, 15) is 5.11 Å². The standard InChI is InChI=1S/C13H13ClO3/c1-8-3-4-10(16-2)9(7-8)13(15)11-5-6-12(14)17-11/h3-7,13,15H,1-2H3. The molecule has 0 fully saturated rings. The molecule has 0 aliphatic rings. The summed E-state index contributed by atoms with van der Waals surface area (Å²) in [6, 6.07) is 8.85. The highest BCUT2D eigenvalue weighted by Crippen LogP contribution is 2.32. The third-order valence-electron chi connectivity index (χ3n) is 2.54. The number of aryl methyl sites for hydroxylation is 1. The van der Waals surface area contributed by atoms with Crippen LogP contribution in [0.2, 0.25) is 5.22 Å². The Kier molecular flexibility index (Phi) is 3.41. The fourth-order valence-electron chi connectivity index (χ4n) is 1.70. The van der Waals surface area contributed by atoms with Crippen molar-refractivity contribution < 1.29 is 14.3 Å². The van der Waals surface area contributed by atoms with Gasteiger partial charge in [-0.25, -0.2) is 0 Å². The number of methoxy groups -OCH3 is 1. The highest BCUT2D eigenvalue weighted by atomic mass is 35.5. The van der Waals surface area contributed by atoms with Gasteiger partial charge in [-0.3, -0.25) is 0 Å². The third kappa shape index (κ3) is 2.46. The van der Waals surface area contributed by atoms with Crippen molar-refractivity contribution in [1.29, 1.82) is 0 Å². The molecule has 0 bridgehead atoms. The van der Waals surface area contributed by atoms with Gasteiger partial charge in [0, 0.05) is 5.56 Å². The Labute approximate surface area is 105 Å². The molecule has 17 heavy (non-hydrogen) atoms. The predicted octanol–water partition coefficient (Wildman–Crippen LogP) is 3.33. The molecule has 0 saturated heterocycles. The van der Waals surface area contributed by atoms with Crippen molar-refractivity contribution in [2.75, 3.05) is 7.11 Å². The zero-order chi connectivity index (χ0) is 12.4. The molecule has 90 valence electrons. The van der Waals surface area contributed by atoms with Gasteiger partial charge in [0.25, 0.3) is 0 Å². The predicted molar refractivity (Wildman–Crippen MR) is 65.5 cm³/mol. The lowest BCUT2D eigenvalue weighted by Crippen LogP contribution is -2.01.